The number of likely N-dealkylation sites (tertiary alicyclic amines) is 2. The molecule has 1 spiro atoms. The third kappa shape index (κ3) is 2.48. The first kappa shape index (κ1) is 13.6. The lowest BCUT2D eigenvalue weighted by Gasteiger charge is -2.55. The van der Waals surface area contributed by atoms with E-state index in [1.165, 1.54) is 0 Å². The Morgan fingerprint density at radius 2 is 1.83 bits per heavy atom. The Kier molecular flexibility index (Phi) is 3.34. The molecule has 18 heavy (non-hydrogen) atoms. The molecule has 3 nitrogen and oxygen atoms in total. The highest BCUT2D eigenvalue weighted by atomic mass is 19.4. The molecule has 0 aromatic carbocycles. The van der Waals surface area contributed by atoms with E-state index in [1.807, 2.05) is 0 Å². The highest BCUT2D eigenvalue weighted by Crippen LogP contribution is 2.41. The van der Waals surface area contributed by atoms with Crippen molar-refractivity contribution in [2.45, 2.75) is 38.9 Å². The van der Waals surface area contributed by atoms with Crippen LogP contribution in [-0.4, -0.2) is 54.1 Å². The molecule has 0 aromatic heterocycles. The summed E-state index contributed by atoms with van der Waals surface area (Å²) in [5, 5.41) is 0. The van der Waals surface area contributed by atoms with Crippen LogP contribution in [0.15, 0.2) is 0 Å². The van der Waals surface area contributed by atoms with Gasteiger partial charge in [-0.3, -0.25) is 4.79 Å². The summed E-state index contributed by atoms with van der Waals surface area (Å²) in [6.45, 7) is 6.52. The average molecular weight is 264 g/mol. The van der Waals surface area contributed by atoms with Crippen LogP contribution in [0, 0.1) is 5.41 Å². The summed E-state index contributed by atoms with van der Waals surface area (Å²) in [5.41, 5.74) is -0.0938. The van der Waals surface area contributed by atoms with E-state index in [2.05, 4.69) is 18.7 Å². The van der Waals surface area contributed by atoms with E-state index in [9.17, 15) is 18.0 Å². The van der Waals surface area contributed by atoms with E-state index < -0.39 is 12.1 Å². The quantitative estimate of drug-likeness (QED) is 0.722. The summed E-state index contributed by atoms with van der Waals surface area (Å²) in [6, 6.07) is 0.412. The lowest BCUT2D eigenvalue weighted by Crippen LogP contribution is -2.66. The zero-order chi connectivity index (χ0) is 13.6. The highest BCUT2D eigenvalue weighted by Gasteiger charge is 2.53. The number of amides is 1. The number of rotatable bonds is 1. The minimum atomic E-state index is -4.73. The highest BCUT2D eigenvalue weighted by molar-refractivity contribution is 5.82. The predicted octanol–water partition coefficient (Wildman–Crippen LogP) is 1.88. The number of hydrogen-bond acceptors (Lipinski definition) is 2. The molecular weight excluding hydrogens is 245 g/mol. The molecule has 2 fully saturated rings. The van der Waals surface area contributed by atoms with Gasteiger partial charge in [0.05, 0.1) is 0 Å². The van der Waals surface area contributed by atoms with Gasteiger partial charge in [-0.15, -0.1) is 0 Å². The van der Waals surface area contributed by atoms with E-state index in [-0.39, 0.29) is 18.5 Å². The van der Waals surface area contributed by atoms with Crippen LogP contribution in [0.5, 0.6) is 0 Å². The van der Waals surface area contributed by atoms with Crippen molar-refractivity contribution < 1.29 is 18.0 Å². The average Bonchev–Trinajstić information content (AvgIpc) is 2.23. The number of carbonyl (C=O) groups excluding carboxylic acids is 1. The summed E-state index contributed by atoms with van der Waals surface area (Å²) in [6.07, 6.45) is -2.79. The van der Waals surface area contributed by atoms with Crippen molar-refractivity contribution in [3.63, 3.8) is 0 Å². The van der Waals surface area contributed by atoms with E-state index in [4.69, 9.17) is 0 Å². The lowest BCUT2D eigenvalue weighted by atomic mass is 9.73. The molecule has 0 aromatic rings. The second-order valence-corrected chi connectivity index (χ2v) is 5.83. The Bertz CT molecular complexity index is 335. The minimum absolute atomic E-state index is 0.0938. The fraction of sp³-hybridized carbons (Fsp3) is 0.917. The molecule has 1 amide bonds. The molecule has 0 bridgehead atoms. The van der Waals surface area contributed by atoms with Crippen molar-refractivity contribution in [1.82, 2.24) is 9.80 Å². The second kappa shape index (κ2) is 4.40. The summed E-state index contributed by atoms with van der Waals surface area (Å²) in [5.74, 6) is -1.69. The summed E-state index contributed by atoms with van der Waals surface area (Å²) >= 11 is 0. The molecule has 0 saturated carbocycles. The Hall–Kier alpha value is -0.780. The minimum Gasteiger partial charge on any atom is -0.334 e. The van der Waals surface area contributed by atoms with Gasteiger partial charge in [-0.25, -0.2) is 0 Å². The van der Waals surface area contributed by atoms with Crippen LogP contribution < -0.4 is 0 Å². The van der Waals surface area contributed by atoms with Crippen molar-refractivity contribution >= 4 is 5.91 Å². The second-order valence-electron chi connectivity index (χ2n) is 5.83. The zero-order valence-electron chi connectivity index (χ0n) is 10.8. The van der Waals surface area contributed by atoms with Crippen molar-refractivity contribution in [3.05, 3.63) is 0 Å². The zero-order valence-corrected chi connectivity index (χ0v) is 10.8. The van der Waals surface area contributed by atoms with Crippen molar-refractivity contribution in [1.29, 1.82) is 0 Å². The lowest BCUT2D eigenvalue weighted by molar-refractivity contribution is -0.199. The van der Waals surface area contributed by atoms with Gasteiger partial charge in [0.1, 0.15) is 0 Å². The largest absolute Gasteiger partial charge is 0.471 e. The van der Waals surface area contributed by atoms with E-state index in [1.54, 1.807) is 0 Å². The molecule has 2 saturated heterocycles. The summed E-state index contributed by atoms with van der Waals surface area (Å²) in [7, 11) is 0. The standard InChI is InChI=1S/C12H19F3N2O/c1-9(2)16-5-3-4-11(6-16)7-17(8-11)10(18)12(13,14)15/h9H,3-8H2,1-2H3. The first-order valence-corrected chi connectivity index (χ1v) is 6.34. The molecule has 2 rings (SSSR count). The maximum Gasteiger partial charge on any atom is 0.471 e. The third-order valence-corrected chi connectivity index (χ3v) is 4.00. The van der Waals surface area contributed by atoms with E-state index in [0.717, 1.165) is 30.8 Å². The fourth-order valence-corrected chi connectivity index (χ4v) is 3.03. The van der Waals surface area contributed by atoms with Crippen molar-refractivity contribution in [3.8, 4) is 0 Å². The number of carbonyl (C=O) groups is 1. The SMILES string of the molecule is CC(C)N1CCCC2(CN(C(=O)C(F)(F)F)C2)C1. The van der Waals surface area contributed by atoms with Crippen LogP contribution >= 0.6 is 0 Å². The molecule has 2 heterocycles. The van der Waals surface area contributed by atoms with Gasteiger partial charge in [-0.1, -0.05) is 0 Å². The predicted molar refractivity (Wildman–Crippen MR) is 61.0 cm³/mol. The fourth-order valence-electron chi connectivity index (χ4n) is 3.03. The Morgan fingerprint density at radius 3 is 2.33 bits per heavy atom. The van der Waals surface area contributed by atoms with Gasteiger partial charge in [0.2, 0.25) is 0 Å². The molecule has 0 radical (unpaired) electrons. The molecule has 0 N–H and O–H groups in total. The molecule has 2 aliphatic rings. The maximum atomic E-state index is 12.3. The molecule has 104 valence electrons. The van der Waals surface area contributed by atoms with E-state index >= 15 is 0 Å². The Balaban J connectivity index is 1.93. The first-order chi connectivity index (χ1) is 8.23. The monoisotopic (exact) mass is 264 g/mol. The molecule has 6 heteroatoms. The van der Waals surface area contributed by atoms with Gasteiger partial charge < -0.3 is 9.80 Å². The Labute approximate surface area is 105 Å². The number of hydrogen-bond donors (Lipinski definition) is 0. The topological polar surface area (TPSA) is 23.6 Å². The van der Waals surface area contributed by atoms with Crippen LogP contribution in [0.1, 0.15) is 26.7 Å². The van der Waals surface area contributed by atoms with Crippen LogP contribution in [0.25, 0.3) is 0 Å². The summed E-state index contributed by atoms with van der Waals surface area (Å²) < 4.78 is 36.8. The van der Waals surface area contributed by atoms with Gasteiger partial charge >= 0.3 is 12.1 Å². The van der Waals surface area contributed by atoms with Gasteiger partial charge in [0.15, 0.2) is 0 Å². The molecule has 0 atom stereocenters. The maximum absolute atomic E-state index is 12.3. The number of piperidine rings is 1. The normalized spacial score (nSPS) is 24.4. The van der Waals surface area contributed by atoms with Gasteiger partial charge in [0.25, 0.3) is 0 Å². The van der Waals surface area contributed by atoms with Crippen molar-refractivity contribution in [2.75, 3.05) is 26.2 Å². The van der Waals surface area contributed by atoms with Crippen LogP contribution in [0.3, 0.4) is 0 Å². The number of alkyl halides is 3. The molecule has 0 aliphatic carbocycles. The summed E-state index contributed by atoms with van der Waals surface area (Å²) in [4.78, 5) is 14.3. The van der Waals surface area contributed by atoms with Crippen molar-refractivity contribution in [2.24, 2.45) is 5.41 Å². The molecular formula is C12H19F3N2O. The third-order valence-electron chi connectivity index (χ3n) is 4.00. The van der Waals surface area contributed by atoms with Gasteiger partial charge in [-0.2, -0.15) is 13.2 Å². The van der Waals surface area contributed by atoms with E-state index in [0.29, 0.717) is 6.04 Å². The smallest absolute Gasteiger partial charge is 0.334 e. The van der Waals surface area contributed by atoms with Gasteiger partial charge in [0, 0.05) is 31.1 Å². The molecule has 0 unspecified atom stereocenters. The van der Waals surface area contributed by atoms with Crippen LogP contribution in [-0.2, 0) is 4.79 Å². The first-order valence-electron chi connectivity index (χ1n) is 6.34. The number of nitrogens with zero attached hydrogens (tertiary/aromatic N) is 2. The number of halogens is 3. The van der Waals surface area contributed by atoms with Crippen LogP contribution in [0.2, 0.25) is 0 Å². The molecule has 2 aliphatic heterocycles. The Morgan fingerprint density at radius 1 is 1.22 bits per heavy atom. The van der Waals surface area contributed by atoms with Crippen LogP contribution in [0.4, 0.5) is 13.2 Å². The van der Waals surface area contributed by atoms with Gasteiger partial charge in [-0.05, 0) is 33.2 Å².